The van der Waals surface area contributed by atoms with Gasteiger partial charge in [-0.05, 0) is 11.8 Å². The predicted octanol–water partition coefficient (Wildman–Crippen LogP) is 1.87. The van der Waals surface area contributed by atoms with Crippen LogP contribution in [0.4, 0.5) is 0 Å². The fourth-order valence-electron chi connectivity index (χ4n) is 0.539. The van der Waals surface area contributed by atoms with Crippen molar-refractivity contribution < 1.29 is 9.84 Å². The van der Waals surface area contributed by atoms with E-state index in [4.69, 9.17) is 4.74 Å². The van der Waals surface area contributed by atoms with Crippen LogP contribution in [0.1, 0.15) is 27.2 Å². The van der Waals surface area contributed by atoms with Crippen molar-refractivity contribution in [3.8, 4) is 0 Å². The molecule has 0 aromatic heterocycles. The third-order valence-corrected chi connectivity index (χ3v) is 1.22. The van der Waals surface area contributed by atoms with E-state index >= 15 is 0 Å². The molecule has 0 aliphatic carbocycles. The molecule has 10 heavy (non-hydrogen) atoms. The van der Waals surface area contributed by atoms with E-state index in [1.807, 2.05) is 0 Å². The molecule has 0 saturated heterocycles. The molecule has 0 amide bonds. The van der Waals surface area contributed by atoms with Gasteiger partial charge in [0.05, 0.1) is 6.61 Å². The van der Waals surface area contributed by atoms with Gasteiger partial charge in [-0.3, -0.25) is 0 Å². The molecule has 2 nitrogen and oxygen atoms in total. The SMILES string of the molecule is CC(C)(C)CCOCC[O]. The Morgan fingerprint density at radius 3 is 2.20 bits per heavy atom. The Hall–Kier alpha value is -0.0800. The molecule has 0 heterocycles. The lowest BCUT2D eigenvalue weighted by Gasteiger charge is -2.17. The zero-order valence-corrected chi connectivity index (χ0v) is 7.14. The average molecular weight is 145 g/mol. The summed E-state index contributed by atoms with van der Waals surface area (Å²) in [5.74, 6) is 0. The van der Waals surface area contributed by atoms with Crippen LogP contribution in [0.5, 0.6) is 0 Å². The van der Waals surface area contributed by atoms with E-state index in [0.717, 1.165) is 6.42 Å². The maximum atomic E-state index is 9.93. The zero-order chi connectivity index (χ0) is 8.04. The van der Waals surface area contributed by atoms with Crippen molar-refractivity contribution in [2.75, 3.05) is 19.8 Å². The molecule has 0 N–H and O–H groups in total. The highest BCUT2D eigenvalue weighted by Gasteiger charge is 2.08. The van der Waals surface area contributed by atoms with Gasteiger partial charge in [-0.15, -0.1) is 0 Å². The van der Waals surface area contributed by atoms with Gasteiger partial charge in [0.1, 0.15) is 6.61 Å². The maximum Gasteiger partial charge on any atom is 0.106 e. The number of ether oxygens (including phenoxy) is 1. The molecule has 0 aliphatic rings. The first-order chi connectivity index (χ1) is 4.56. The van der Waals surface area contributed by atoms with Crippen LogP contribution in [0.3, 0.4) is 0 Å². The molecule has 0 rings (SSSR count). The Morgan fingerprint density at radius 1 is 1.20 bits per heavy atom. The standard InChI is InChI=1S/C8H17O2/c1-8(2,3)4-6-10-7-5-9/h4-7H2,1-3H3. The van der Waals surface area contributed by atoms with Gasteiger partial charge in [0, 0.05) is 6.61 Å². The Morgan fingerprint density at radius 2 is 1.80 bits per heavy atom. The molecular formula is C8H17O2. The van der Waals surface area contributed by atoms with E-state index < -0.39 is 0 Å². The van der Waals surface area contributed by atoms with Gasteiger partial charge in [0.15, 0.2) is 0 Å². The van der Waals surface area contributed by atoms with Crippen LogP contribution in [-0.2, 0) is 9.84 Å². The summed E-state index contributed by atoms with van der Waals surface area (Å²) in [5, 5.41) is 9.93. The third kappa shape index (κ3) is 7.92. The summed E-state index contributed by atoms with van der Waals surface area (Å²) >= 11 is 0. The van der Waals surface area contributed by atoms with Gasteiger partial charge < -0.3 is 4.74 Å². The molecule has 0 spiro atoms. The molecule has 61 valence electrons. The zero-order valence-electron chi connectivity index (χ0n) is 7.14. The van der Waals surface area contributed by atoms with Crippen molar-refractivity contribution in [1.82, 2.24) is 0 Å². The largest absolute Gasteiger partial charge is 0.379 e. The molecule has 0 atom stereocenters. The molecule has 0 aromatic rings. The first-order valence-electron chi connectivity index (χ1n) is 3.72. The van der Waals surface area contributed by atoms with Crippen LogP contribution in [0.2, 0.25) is 0 Å². The fourth-order valence-corrected chi connectivity index (χ4v) is 0.539. The van der Waals surface area contributed by atoms with Crippen LogP contribution in [0.25, 0.3) is 0 Å². The Bertz CT molecular complexity index is 73.8. The second kappa shape index (κ2) is 4.69. The van der Waals surface area contributed by atoms with Crippen LogP contribution in [-0.4, -0.2) is 19.8 Å². The van der Waals surface area contributed by atoms with E-state index in [9.17, 15) is 5.11 Å². The lowest BCUT2D eigenvalue weighted by atomic mass is 9.93. The fraction of sp³-hybridized carbons (Fsp3) is 1.00. The summed E-state index contributed by atoms with van der Waals surface area (Å²) in [6, 6.07) is 0. The second-order valence-corrected chi connectivity index (χ2v) is 3.63. The predicted molar refractivity (Wildman–Crippen MR) is 40.4 cm³/mol. The minimum Gasteiger partial charge on any atom is -0.379 e. The third-order valence-electron chi connectivity index (χ3n) is 1.22. The minimum atomic E-state index is -0.121. The molecule has 0 bridgehead atoms. The van der Waals surface area contributed by atoms with E-state index in [1.54, 1.807) is 0 Å². The van der Waals surface area contributed by atoms with Gasteiger partial charge >= 0.3 is 0 Å². The Balaban J connectivity index is 3.04. The first kappa shape index (κ1) is 9.92. The van der Waals surface area contributed by atoms with Gasteiger partial charge in [0.2, 0.25) is 0 Å². The molecule has 0 aromatic carbocycles. The summed E-state index contributed by atoms with van der Waals surface area (Å²) in [6.45, 7) is 7.43. The van der Waals surface area contributed by atoms with Crippen molar-refractivity contribution in [3.63, 3.8) is 0 Å². The van der Waals surface area contributed by atoms with Crippen molar-refractivity contribution in [2.45, 2.75) is 27.2 Å². The number of hydrogen-bond acceptors (Lipinski definition) is 1. The molecule has 0 saturated carbocycles. The molecule has 1 radical (unpaired) electrons. The maximum absolute atomic E-state index is 9.93. The Labute approximate surface area is 63.2 Å². The normalized spacial score (nSPS) is 12.0. The molecule has 0 aliphatic heterocycles. The second-order valence-electron chi connectivity index (χ2n) is 3.63. The van der Waals surface area contributed by atoms with Crippen molar-refractivity contribution in [1.29, 1.82) is 0 Å². The summed E-state index contributed by atoms with van der Waals surface area (Å²) in [4.78, 5) is 0. The Kier molecular flexibility index (Phi) is 4.65. The van der Waals surface area contributed by atoms with Gasteiger partial charge in [-0.2, -0.15) is 0 Å². The van der Waals surface area contributed by atoms with E-state index in [1.165, 1.54) is 0 Å². The summed E-state index contributed by atoms with van der Waals surface area (Å²) in [6.07, 6.45) is 1.02. The highest BCUT2D eigenvalue weighted by molar-refractivity contribution is 4.59. The van der Waals surface area contributed by atoms with Gasteiger partial charge in [0.25, 0.3) is 0 Å². The number of hydrogen-bond donors (Lipinski definition) is 0. The van der Waals surface area contributed by atoms with Gasteiger partial charge in [-0.25, -0.2) is 5.11 Å². The topological polar surface area (TPSA) is 29.1 Å². The highest BCUT2D eigenvalue weighted by atomic mass is 16.5. The van der Waals surface area contributed by atoms with E-state index in [0.29, 0.717) is 18.6 Å². The molecular weight excluding hydrogens is 128 g/mol. The monoisotopic (exact) mass is 145 g/mol. The van der Waals surface area contributed by atoms with Crippen LogP contribution in [0.15, 0.2) is 0 Å². The number of rotatable bonds is 4. The van der Waals surface area contributed by atoms with Gasteiger partial charge in [-0.1, -0.05) is 20.8 Å². The molecule has 0 unspecified atom stereocenters. The van der Waals surface area contributed by atoms with E-state index in [2.05, 4.69) is 20.8 Å². The molecule has 2 heteroatoms. The van der Waals surface area contributed by atoms with Crippen LogP contribution in [0, 0.1) is 5.41 Å². The first-order valence-corrected chi connectivity index (χ1v) is 3.72. The van der Waals surface area contributed by atoms with Crippen molar-refractivity contribution >= 4 is 0 Å². The highest BCUT2D eigenvalue weighted by Crippen LogP contribution is 2.17. The summed E-state index contributed by atoms with van der Waals surface area (Å²) in [7, 11) is 0. The van der Waals surface area contributed by atoms with E-state index in [-0.39, 0.29) is 6.61 Å². The van der Waals surface area contributed by atoms with Crippen LogP contribution < -0.4 is 0 Å². The smallest absolute Gasteiger partial charge is 0.106 e. The summed E-state index contributed by atoms with van der Waals surface area (Å²) in [5.41, 5.74) is 0.322. The quantitative estimate of drug-likeness (QED) is 0.555. The van der Waals surface area contributed by atoms with Crippen LogP contribution >= 0.6 is 0 Å². The van der Waals surface area contributed by atoms with Crippen molar-refractivity contribution in [2.24, 2.45) is 5.41 Å². The summed E-state index contributed by atoms with van der Waals surface area (Å²) < 4.78 is 5.05. The minimum absolute atomic E-state index is 0.121. The lowest BCUT2D eigenvalue weighted by molar-refractivity contribution is 0.0519. The molecule has 0 fully saturated rings. The lowest BCUT2D eigenvalue weighted by Crippen LogP contribution is -2.10. The average Bonchev–Trinajstić information content (AvgIpc) is 1.78. The van der Waals surface area contributed by atoms with Crippen molar-refractivity contribution in [3.05, 3.63) is 0 Å².